The number of halogens is 2. The van der Waals surface area contributed by atoms with Gasteiger partial charge in [-0.3, -0.25) is 4.79 Å². The minimum Gasteiger partial charge on any atom is -0.481 e. The Kier molecular flexibility index (Phi) is 2.42. The highest BCUT2D eigenvalue weighted by atomic mass is 19.1. The molecule has 2 rings (SSSR count). The highest BCUT2D eigenvalue weighted by Crippen LogP contribution is 2.43. The molecular weight excluding hydrogens is 202 g/mol. The number of hydrogen-bond donors (Lipinski definition) is 1. The molecule has 15 heavy (non-hydrogen) atoms. The Balaban J connectivity index is 2.30. The van der Waals surface area contributed by atoms with Crippen LogP contribution in [0.15, 0.2) is 18.2 Å². The summed E-state index contributed by atoms with van der Waals surface area (Å²) in [7, 11) is 0. The Bertz CT molecular complexity index is 404. The van der Waals surface area contributed by atoms with Gasteiger partial charge in [0, 0.05) is 5.92 Å². The van der Waals surface area contributed by atoms with Crippen LogP contribution in [-0.2, 0) is 4.79 Å². The lowest BCUT2D eigenvalue weighted by molar-refractivity contribution is -0.145. The van der Waals surface area contributed by atoms with Gasteiger partial charge in [0.1, 0.15) is 11.6 Å². The van der Waals surface area contributed by atoms with E-state index in [0.717, 1.165) is 18.2 Å². The van der Waals surface area contributed by atoms with Crippen molar-refractivity contribution < 1.29 is 18.7 Å². The third-order valence-corrected chi connectivity index (χ3v) is 2.95. The van der Waals surface area contributed by atoms with Crippen LogP contribution in [0, 0.1) is 17.6 Å². The minimum atomic E-state index is -0.935. The van der Waals surface area contributed by atoms with Gasteiger partial charge in [-0.05, 0) is 36.6 Å². The second-order valence-electron chi connectivity index (χ2n) is 3.79. The Labute approximate surface area is 85.5 Å². The summed E-state index contributed by atoms with van der Waals surface area (Å²) in [5, 5.41) is 8.81. The first-order chi connectivity index (χ1) is 7.09. The smallest absolute Gasteiger partial charge is 0.307 e. The van der Waals surface area contributed by atoms with Crippen LogP contribution in [0.4, 0.5) is 8.78 Å². The van der Waals surface area contributed by atoms with Crippen molar-refractivity contribution in [1.82, 2.24) is 0 Å². The number of carboxylic acids is 1. The van der Waals surface area contributed by atoms with Crippen LogP contribution in [0.1, 0.15) is 24.3 Å². The monoisotopic (exact) mass is 212 g/mol. The van der Waals surface area contributed by atoms with E-state index in [2.05, 4.69) is 0 Å². The number of rotatable bonds is 2. The molecule has 0 aliphatic heterocycles. The normalized spacial score (nSPS) is 24.7. The lowest BCUT2D eigenvalue weighted by Gasteiger charge is -2.33. The van der Waals surface area contributed by atoms with Crippen molar-refractivity contribution in [2.45, 2.75) is 18.8 Å². The Morgan fingerprint density at radius 3 is 2.60 bits per heavy atom. The van der Waals surface area contributed by atoms with E-state index in [1.165, 1.54) is 0 Å². The molecule has 2 atom stereocenters. The maximum Gasteiger partial charge on any atom is 0.307 e. The number of carboxylic acid groups (broad SMARTS) is 1. The molecule has 1 saturated carbocycles. The molecule has 0 aromatic heterocycles. The molecule has 1 aromatic rings. The molecule has 4 heteroatoms. The molecule has 0 bridgehead atoms. The van der Waals surface area contributed by atoms with Gasteiger partial charge < -0.3 is 5.11 Å². The number of hydrogen-bond acceptors (Lipinski definition) is 1. The van der Waals surface area contributed by atoms with Crippen molar-refractivity contribution >= 4 is 5.97 Å². The van der Waals surface area contributed by atoms with Gasteiger partial charge in [0.25, 0.3) is 0 Å². The zero-order valence-electron chi connectivity index (χ0n) is 7.91. The molecule has 1 aliphatic rings. The van der Waals surface area contributed by atoms with Crippen LogP contribution in [-0.4, -0.2) is 11.1 Å². The predicted octanol–water partition coefficient (Wildman–Crippen LogP) is 2.54. The zero-order valence-corrected chi connectivity index (χ0v) is 7.91. The van der Waals surface area contributed by atoms with E-state index in [-0.39, 0.29) is 11.5 Å². The SMILES string of the molecule is O=C(O)C1CCC1c1cc(F)ccc1F. The van der Waals surface area contributed by atoms with Crippen molar-refractivity contribution in [3.8, 4) is 0 Å². The van der Waals surface area contributed by atoms with Gasteiger partial charge >= 0.3 is 5.97 Å². The fourth-order valence-corrected chi connectivity index (χ4v) is 1.97. The highest BCUT2D eigenvalue weighted by Gasteiger charge is 2.38. The van der Waals surface area contributed by atoms with Crippen LogP contribution in [0.5, 0.6) is 0 Å². The summed E-state index contributed by atoms with van der Waals surface area (Å²) in [6.45, 7) is 0. The van der Waals surface area contributed by atoms with Crippen molar-refractivity contribution in [3.05, 3.63) is 35.4 Å². The Morgan fingerprint density at radius 1 is 1.33 bits per heavy atom. The molecule has 1 aliphatic carbocycles. The summed E-state index contributed by atoms with van der Waals surface area (Å²) >= 11 is 0. The molecule has 0 amide bonds. The third-order valence-electron chi connectivity index (χ3n) is 2.95. The van der Waals surface area contributed by atoms with E-state index in [0.29, 0.717) is 12.8 Å². The third kappa shape index (κ3) is 1.71. The first-order valence-corrected chi connectivity index (χ1v) is 4.77. The molecule has 2 unspecified atom stereocenters. The number of carbonyl (C=O) groups is 1. The van der Waals surface area contributed by atoms with Gasteiger partial charge in [-0.1, -0.05) is 0 Å². The van der Waals surface area contributed by atoms with Gasteiger partial charge in [0.15, 0.2) is 0 Å². The summed E-state index contributed by atoms with van der Waals surface area (Å²) in [4.78, 5) is 10.7. The topological polar surface area (TPSA) is 37.3 Å². The lowest BCUT2D eigenvalue weighted by atomic mass is 9.70. The molecule has 0 radical (unpaired) electrons. The fraction of sp³-hybridized carbons (Fsp3) is 0.364. The Morgan fingerprint density at radius 2 is 2.07 bits per heavy atom. The van der Waals surface area contributed by atoms with Crippen molar-refractivity contribution in [1.29, 1.82) is 0 Å². The van der Waals surface area contributed by atoms with Crippen molar-refractivity contribution in [3.63, 3.8) is 0 Å². The first-order valence-electron chi connectivity index (χ1n) is 4.77. The highest BCUT2D eigenvalue weighted by molar-refractivity contribution is 5.72. The van der Waals surface area contributed by atoms with Crippen LogP contribution >= 0.6 is 0 Å². The molecule has 0 heterocycles. The maximum absolute atomic E-state index is 13.3. The van der Waals surface area contributed by atoms with E-state index >= 15 is 0 Å². The molecule has 1 N–H and O–H groups in total. The van der Waals surface area contributed by atoms with E-state index in [9.17, 15) is 13.6 Å². The summed E-state index contributed by atoms with van der Waals surface area (Å²) in [5.74, 6) is -2.93. The Hall–Kier alpha value is -1.45. The summed E-state index contributed by atoms with van der Waals surface area (Å²) in [6, 6.07) is 3.17. The molecule has 1 aromatic carbocycles. The summed E-state index contributed by atoms with van der Waals surface area (Å²) in [6.07, 6.45) is 1.15. The van der Waals surface area contributed by atoms with Crippen molar-refractivity contribution in [2.24, 2.45) is 5.92 Å². The van der Waals surface area contributed by atoms with Crippen LogP contribution < -0.4 is 0 Å². The molecular formula is C11H10F2O2. The largest absolute Gasteiger partial charge is 0.481 e. The van der Waals surface area contributed by atoms with E-state index < -0.39 is 23.5 Å². The summed E-state index contributed by atoms with van der Waals surface area (Å²) in [5.41, 5.74) is 0.189. The van der Waals surface area contributed by atoms with Gasteiger partial charge in [0.2, 0.25) is 0 Å². The maximum atomic E-state index is 13.3. The molecule has 80 valence electrons. The minimum absolute atomic E-state index is 0.189. The molecule has 0 saturated heterocycles. The van der Waals surface area contributed by atoms with E-state index in [1.807, 2.05) is 0 Å². The van der Waals surface area contributed by atoms with Gasteiger partial charge in [0.05, 0.1) is 5.92 Å². The van der Waals surface area contributed by atoms with Gasteiger partial charge in [-0.25, -0.2) is 8.78 Å². The van der Waals surface area contributed by atoms with Gasteiger partial charge in [-0.15, -0.1) is 0 Å². The number of benzene rings is 1. The van der Waals surface area contributed by atoms with Crippen molar-refractivity contribution in [2.75, 3.05) is 0 Å². The van der Waals surface area contributed by atoms with Gasteiger partial charge in [-0.2, -0.15) is 0 Å². The average molecular weight is 212 g/mol. The first kappa shape index (κ1) is 10.1. The molecule has 2 nitrogen and oxygen atoms in total. The second kappa shape index (κ2) is 3.61. The predicted molar refractivity (Wildman–Crippen MR) is 49.5 cm³/mol. The fourth-order valence-electron chi connectivity index (χ4n) is 1.97. The molecule has 0 spiro atoms. The molecule has 1 fully saturated rings. The lowest BCUT2D eigenvalue weighted by Crippen LogP contribution is -2.31. The van der Waals surface area contributed by atoms with Crippen LogP contribution in [0.2, 0.25) is 0 Å². The quantitative estimate of drug-likeness (QED) is 0.817. The van der Waals surface area contributed by atoms with E-state index in [1.54, 1.807) is 0 Å². The second-order valence-corrected chi connectivity index (χ2v) is 3.79. The number of aliphatic carboxylic acids is 1. The van der Waals surface area contributed by atoms with E-state index in [4.69, 9.17) is 5.11 Å². The summed E-state index contributed by atoms with van der Waals surface area (Å²) < 4.78 is 26.2. The standard InChI is InChI=1S/C11H10F2O2/c12-6-1-4-10(13)9(5-6)7-2-3-8(7)11(14)15/h1,4-5,7-8H,2-3H2,(H,14,15). The zero-order chi connectivity index (χ0) is 11.0. The average Bonchev–Trinajstić information content (AvgIpc) is 2.08. The van der Waals surface area contributed by atoms with Crippen LogP contribution in [0.3, 0.4) is 0 Å². The van der Waals surface area contributed by atoms with Crippen LogP contribution in [0.25, 0.3) is 0 Å².